The van der Waals surface area contributed by atoms with Gasteiger partial charge in [0.05, 0.1) is 24.3 Å². The molecule has 0 bridgehead atoms. The highest BCUT2D eigenvalue weighted by molar-refractivity contribution is 5.95. The number of carbonyl (C=O) groups excluding carboxylic acids is 1. The SMILES string of the molecule is Nc1ncc(-c2nc(N3CCOCC3)c3ncc(-c4cccc(NC(=O)C5CC5)c4)cc3n2)cn1. The number of carbonyl (C=O) groups is 1. The third-order valence-corrected chi connectivity index (χ3v) is 6.17. The first-order valence-electron chi connectivity index (χ1n) is 11.6. The highest BCUT2D eigenvalue weighted by Crippen LogP contribution is 2.32. The van der Waals surface area contributed by atoms with Crippen LogP contribution in [0.15, 0.2) is 48.9 Å². The molecule has 3 N–H and O–H groups in total. The predicted molar refractivity (Wildman–Crippen MR) is 133 cm³/mol. The van der Waals surface area contributed by atoms with Crippen molar-refractivity contribution < 1.29 is 9.53 Å². The molecule has 1 aliphatic heterocycles. The lowest BCUT2D eigenvalue weighted by atomic mass is 10.1. The van der Waals surface area contributed by atoms with Gasteiger partial charge in [-0.25, -0.2) is 19.9 Å². The van der Waals surface area contributed by atoms with Crippen molar-refractivity contribution in [3.8, 4) is 22.5 Å². The molecule has 10 heteroatoms. The molecule has 0 radical (unpaired) electrons. The second-order valence-corrected chi connectivity index (χ2v) is 8.74. The Labute approximate surface area is 201 Å². The number of amides is 1. The van der Waals surface area contributed by atoms with Crippen LogP contribution in [0.25, 0.3) is 33.5 Å². The van der Waals surface area contributed by atoms with E-state index in [1.54, 1.807) is 12.4 Å². The number of aromatic nitrogens is 5. The quantitative estimate of drug-likeness (QED) is 0.454. The third-order valence-electron chi connectivity index (χ3n) is 6.17. The fraction of sp³-hybridized carbons (Fsp3) is 0.280. The first-order valence-corrected chi connectivity index (χ1v) is 11.6. The van der Waals surface area contributed by atoms with Crippen molar-refractivity contribution in [1.29, 1.82) is 0 Å². The van der Waals surface area contributed by atoms with Gasteiger partial charge in [-0.2, -0.15) is 0 Å². The average Bonchev–Trinajstić information content (AvgIpc) is 3.75. The zero-order valence-corrected chi connectivity index (χ0v) is 19.0. The van der Waals surface area contributed by atoms with Crippen molar-refractivity contribution >= 4 is 34.4 Å². The van der Waals surface area contributed by atoms with Gasteiger partial charge in [-0.1, -0.05) is 12.1 Å². The molecule has 10 nitrogen and oxygen atoms in total. The van der Waals surface area contributed by atoms with E-state index in [0.29, 0.717) is 35.6 Å². The molecule has 4 aromatic rings. The average molecular weight is 469 g/mol. The zero-order chi connectivity index (χ0) is 23.8. The number of pyridine rings is 1. The Bertz CT molecular complexity index is 1400. The molecule has 176 valence electrons. The highest BCUT2D eigenvalue weighted by atomic mass is 16.5. The van der Waals surface area contributed by atoms with Crippen molar-refractivity contribution in [1.82, 2.24) is 24.9 Å². The lowest BCUT2D eigenvalue weighted by Crippen LogP contribution is -2.37. The highest BCUT2D eigenvalue weighted by Gasteiger charge is 2.29. The summed E-state index contributed by atoms with van der Waals surface area (Å²) in [6.07, 6.45) is 6.99. The third kappa shape index (κ3) is 4.47. The number of nitrogens with zero attached hydrogens (tertiary/aromatic N) is 6. The molecule has 4 heterocycles. The first kappa shape index (κ1) is 21.4. The van der Waals surface area contributed by atoms with E-state index < -0.39 is 0 Å². The minimum atomic E-state index is 0.0806. The molecule has 2 aliphatic rings. The second-order valence-electron chi connectivity index (χ2n) is 8.74. The minimum absolute atomic E-state index is 0.0806. The maximum absolute atomic E-state index is 12.2. The molecule has 35 heavy (non-hydrogen) atoms. The molecule has 1 aromatic carbocycles. The number of morpholine rings is 1. The standard InChI is InChI=1S/C25H24N8O2/c26-25-28-13-18(14-29-25)22-31-20-11-17(12-27-21(20)23(32-22)33-6-8-35-9-7-33)16-2-1-3-19(10-16)30-24(34)15-4-5-15/h1-3,10-15H,4-9H2,(H,30,34)(H2,26,28,29). The fourth-order valence-corrected chi connectivity index (χ4v) is 4.11. The Morgan fingerprint density at radius 2 is 1.74 bits per heavy atom. The van der Waals surface area contributed by atoms with Crippen molar-refractivity contribution in [3.05, 3.63) is 48.9 Å². The maximum atomic E-state index is 12.2. The van der Waals surface area contributed by atoms with E-state index in [2.05, 4.69) is 20.2 Å². The Hall–Kier alpha value is -4.18. The van der Waals surface area contributed by atoms with Crippen LogP contribution >= 0.6 is 0 Å². The number of benzene rings is 1. The number of hydrogen-bond donors (Lipinski definition) is 2. The summed E-state index contributed by atoms with van der Waals surface area (Å²) in [5.74, 6) is 1.68. The first-order chi connectivity index (χ1) is 17.1. The number of fused-ring (bicyclic) bond motifs is 1. The summed E-state index contributed by atoms with van der Waals surface area (Å²) in [5, 5.41) is 3.01. The van der Waals surface area contributed by atoms with E-state index in [-0.39, 0.29) is 17.8 Å². The van der Waals surface area contributed by atoms with Gasteiger partial charge >= 0.3 is 0 Å². The lowest BCUT2D eigenvalue weighted by molar-refractivity contribution is -0.117. The van der Waals surface area contributed by atoms with Crippen molar-refractivity contribution in [2.75, 3.05) is 42.3 Å². The smallest absolute Gasteiger partial charge is 0.227 e. The Balaban J connectivity index is 1.42. The second kappa shape index (κ2) is 8.88. The van der Waals surface area contributed by atoms with E-state index in [9.17, 15) is 4.79 Å². The van der Waals surface area contributed by atoms with Crippen molar-refractivity contribution in [2.24, 2.45) is 5.92 Å². The molecule has 1 saturated carbocycles. The Kier molecular flexibility index (Phi) is 5.42. The number of rotatable bonds is 5. The van der Waals surface area contributed by atoms with Crippen LogP contribution < -0.4 is 16.0 Å². The van der Waals surface area contributed by atoms with Gasteiger partial charge in [0.15, 0.2) is 11.6 Å². The van der Waals surface area contributed by atoms with Crippen LogP contribution in [0.3, 0.4) is 0 Å². The number of nitrogen functional groups attached to an aromatic ring is 1. The van der Waals surface area contributed by atoms with E-state index in [1.807, 2.05) is 36.5 Å². The number of nitrogens with one attached hydrogen (secondary N) is 1. The van der Waals surface area contributed by atoms with Crippen molar-refractivity contribution in [3.63, 3.8) is 0 Å². The van der Waals surface area contributed by atoms with E-state index >= 15 is 0 Å². The summed E-state index contributed by atoms with van der Waals surface area (Å²) < 4.78 is 5.53. The minimum Gasteiger partial charge on any atom is -0.378 e. The van der Waals surface area contributed by atoms with Gasteiger partial charge < -0.3 is 20.7 Å². The molecule has 0 spiro atoms. The van der Waals surface area contributed by atoms with E-state index in [4.69, 9.17) is 25.4 Å². The summed E-state index contributed by atoms with van der Waals surface area (Å²) in [7, 11) is 0. The molecule has 1 aliphatic carbocycles. The summed E-state index contributed by atoms with van der Waals surface area (Å²) in [5.41, 5.74) is 10.4. The Morgan fingerprint density at radius 3 is 2.51 bits per heavy atom. The van der Waals surface area contributed by atoms with Gasteiger partial charge in [0.25, 0.3) is 0 Å². The zero-order valence-electron chi connectivity index (χ0n) is 19.0. The fourth-order valence-electron chi connectivity index (χ4n) is 4.11. The summed E-state index contributed by atoms with van der Waals surface area (Å²) in [6, 6.07) is 9.78. The molecular weight excluding hydrogens is 444 g/mol. The van der Waals surface area contributed by atoms with Gasteiger partial charge in [-0.05, 0) is 36.6 Å². The number of ether oxygens (including phenoxy) is 1. The molecule has 0 atom stereocenters. The lowest BCUT2D eigenvalue weighted by Gasteiger charge is -2.28. The maximum Gasteiger partial charge on any atom is 0.227 e. The van der Waals surface area contributed by atoms with Crippen LogP contribution in [0.1, 0.15) is 12.8 Å². The number of hydrogen-bond acceptors (Lipinski definition) is 9. The van der Waals surface area contributed by atoms with E-state index in [0.717, 1.165) is 48.6 Å². The van der Waals surface area contributed by atoms with Gasteiger partial charge in [0.1, 0.15) is 5.52 Å². The number of anilines is 3. The van der Waals surface area contributed by atoms with Crippen molar-refractivity contribution in [2.45, 2.75) is 12.8 Å². The molecule has 1 saturated heterocycles. The molecular formula is C25H24N8O2. The van der Waals surface area contributed by atoms with Gasteiger partial charge in [0.2, 0.25) is 11.9 Å². The van der Waals surface area contributed by atoms with Crippen LogP contribution in [0.2, 0.25) is 0 Å². The van der Waals surface area contributed by atoms with Crippen LogP contribution in [-0.2, 0) is 9.53 Å². The number of nitrogens with two attached hydrogens (primary N) is 1. The topological polar surface area (TPSA) is 132 Å². The summed E-state index contributed by atoms with van der Waals surface area (Å²) in [6.45, 7) is 2.69. The summed E-state index contributed by atoms with van der Waals surface area (Å²) >= 11 is 0. The van der Waals surface area contributed by atoms with E-state index in [1.165, 1.54) is 0 Å². The molecule has 2 fully saturated rings. The van der Waals surface area contributed by atoms with Gasteiger partial charge in [0, 0.05) is 48.8 Å². The monoisotopic (exact) mass is 468 g/mol. The molecule has 0 unspecified atom stereocenters. The van der Waals surface area contributed by atoms with Crippen LogP contribution in [-0.4, -0.2) is 57.1 Å². The van der Waals surface area contributed by atoms with Gasteiger partial charge in [-0.15, -0.1) is 0 Å². The van der Waals surface area contributed by atoms with Crippen LogP contribution in [0.4, 0.5) is 17.5 Å². The summed E-state index contributed by atoms with van der Waals surface area (Å²) in [4.78, 5) is 36.9. The molecule has 3 aromatic heterocycles. The predicted octanol–water partition coefficient (Wildman–Crippen LogP) is 2.92. The van der Waals surface area contributed by atoms with Crippen LogP contribution in [0.5, 0.6) is 0 Å². The van der Waals surface area contributed by atoms with Crippen LogP contribution in [0, 0.1) is 5.92 Å². The largest absolute Gasteiger partial charge is 0.378 e. The Morgan fingerprint density at radius 1 is 0.971 bits per heavy atom. The molecule has 1 amide bonds. The van der Waals surface area contributed by atoms with Gasteiger partial charge in [-0.3, -0.25) is 9.78 Å². The molecule has 6 rings (SSSR count). The normalized spacial score (nSPS) is 15.8.